The van der Waals surface area contributed by atoms with Gasteiger partial charge in [0.25, 0.3) is 0 Å². The van der Waals surface area contributed by atoms with Crippen LogP contribution < -0.4 is 5.73 Å². The molecule has 2 bridgehead atoms. The van der Waals surface area contributed by atoms with Crippen LogP contribution in [-0.2, 0) is 0 Å². The summed E-state index contributed by atoms with van der Waals surface area (Å²) < 4.78 is 0. The predicted molar refractivity (Wildman–Crippen MR) is 62.7 cm³/mol. The normalized spacial score (nSPS) is 46.2. The highest BCUT2D eigenvalue weighted by molar-refractivity contribution is 5.03. The van der Waals surface area contributed by atoms with Gasteiger partial charge in [-0.2, -0.15) is 0 Å². The molecule has 0 aromatic carbocycles. The lowest BCUT2D eigenvalue weighted by Crippen LogP contribution is -2.54. The minimum Gasteiger partial charge on any atom is -0.325 e. The first-order valence-corrected chi connectivity index (χ1v) is 6.71. The third-order valence-electron chi connectivity index (χ3n) is 5.22. The summed E-state index contributed by atoms with van der Waals surface area (Å²) in [5, 5.41) is 0. The first-order chi connectivity index (χ1) is 7.20. The Balaban J connectivity index is 1.65. The van der Waals surface area contributed by atoms with Crippen LogP contribution in [0.2, 0.25) is 0 Å². The second-order valence-electron chi connectivity index (χ2n) is 6.35. The number of nitrogens with two attached hydrogens (primary N) is 1. The van der Waals surface area contributed by atoms with Gasteiger partial charge in [-0.25, -0.2) is 0 Å². The van der Waals surface area contributed by atoms with E-state index in [9.17, 15) is 0 Å². The van der Waals surface area contributed by atoms with Crippen LogP contribution in [0, 0.1) is 5.41 Å². The second kappa shape index (κ2) is 3.46. The van der Waals surface area contributed by atoms with Crippen LogP contribution in [0.1, 0.15) is 51.4 Å². The van der Waals surface area contributed by atoms with E-state index < -0.39 is 0 Å². The Morgan fingerprint density at radius 3 is 1.93 bits per heavy atom. The third-order valence-corrected chi connectivity index (χ3v) is 5.22. The van der Waals surface area contributed by atoms with Crippen LogP contribution in [0.15, 0.2) is 0 Å². The molecule has 15 heavy (non-hydrogen) atoms. The molecule has 0 atom stereocenters. The summed E-state index contributed by atoms with van der Waals surface area (Å²) in [5.74, 6) is 0. The van der Waals surface area contributed by atoms with Crippen molar-refractivity contribution in [1.29, 1.82) is 0 Å². The summed E-state index contributed by atoms with van der Waals surface area (Å²) in [6.45, 7) is 4.09. The second-order valence-corrected chi connectivity index (χ2v) is 6.35. The zero-order valence-corrected chi connectivity index (χ0v) is 9.80. The maximum Gasteiger partial charge on any atom is 0.0155 e. The lowest BCUT2D eigenvalue weighted by molar-refractivity contribution is 0.0179. The first kappa shape index (κ1) is 10.1. The molecular formula is C13H24N2. The van der Waals surface area contributed by atoms with Gasteiger partial charge < -0.3 is 10.6 Å². The van der Waals surface area contributed by atoms with E-state index in [0.29, 0.717) is 5.41 Å². The minimum atomic E-state index is 0.243. The van der Waals surface area contributed by atoms with Gasteiger partial charge in [0.2, 0.25) is 0 Å². The molecule has 0 spiro atoms. The Kier molecular flexibility index (Phi) is 2.33. The fourth-order valence-corrected chi connectivity index (χ4v) is 3.94. The number of rotatable bonds is 2. The average Bonchev–Trinajstić information content (AvgIpc) is 2.73. The zero-order valence-electron chi connectivity index (χ0n) is 9.80. The molecule has 1 heterocycles. The third kappa shape index (κ3) is 1.83. The molecule has 0 unspecified atom stereocenters. The molecule has 1 aliphatic heterocycles. The Labute approximate surface area is 93.2 Å². The van der Waals surface area contributed by atoms with Crippen LogP contribution in [0.5, 0.6) is 0 Å². The maximum atomic E-state index is 6.35. The van der Waals surface area contributed by atoms with E-state index in [4.69, 9.17) is 5.73 Å². The molecule has 3 saturated carbocycles. The monoisotopic (exact) mass is 208 g/mol. The van der Waals surface area contributed by atoms with Gasteiger partial charge in [0.15, 0.2) is 0 Å². The fraction of sp³-hybridized carbons (Fsp3) is 1.00. The summed E-state index contributed by atoms with van der Waals surface area (Å²) in [7, 11) is 0. The van der Waals surface area contributed by atoms with Gasteiger partial charge in [0.05, 0.1) is 0 Å². The van der Waals surface area contributed by atoms with Crippen LogP contribution in [0.4, 0.5) is 0 Å². The van der Waals surface area contributed by atoms with Crippen molar-refractivity contribution in [3.05, 3.63) is 0 Å². The smallest absolute Gasteiger partial charge is 0.0155 e. The van der Waals surface area contributed by atoms with E-state index in [0.717, 1.165) is 0 Å². The Hall–Kier alpha value is -0.0800. The van der Waals surface area contributed by atoms with Gasteiger partial charge in [-0.15, -0.1) is 0 Å². The molecule has 0 aromatic rings. The SMILES string of the molecule is NC12CCC(CN3CCCC3)(CC1)CC2. The molecule has 0 radical (unpaired) electrons. The minimum absolute atomic E-state index is 0.243. The van der Waals surface area contributed by atoms with E-state index in [-0.39, 0.29) is 5.54 Å². The van der Waals surface area contributed by atoms with E-state index in [2.05, 4.69) is 4.90 Å². The van der Waals surface area contributed by atoms with E-state index >= 15 is 0 Å². The lowest BCUT2D eigenvalue weighted by atomic mass is 9.57. The highest BCUT2D eigenvalue weighted by Crippen LogP contribution is 2.51. The van der Waals surface area contributed by atoms with Crippen molar-refractivity contribution in [2.75, 3.05) is 19.6 Å². The first-order valence-electron chi connectivity index (χ1n) is 6.71. The molecule has 0 aromatic heterocycles. The quantitative estimate of drug-likeness (QED) is 0.753. The highest BCUT2D eigenvalue weighted by atomic mass is 15.1. The number of hydrogen-bond donors (Lipinski definition) is 1. The average molecular weight is 208 g/mol. The van der Waals surface area contributed by atoms with Crippen molar-refractivity contribution < 1.29 is 0 Å². The summed E-state index contributed by atoms with van der Waals surface area (Å²) in [5.41, 5.74) is 7.26. The molecule has 2 N–H and O–H groups in total. The van der Waals surface area contributed by atoms with Gasteiger partial charge in [0, 0.05) is 12.1 Å². The molecule has 2 nitrogen and oxygen atoms in total. The maximum absolute atomic E-state index is 6.35. The standard InChI is InChI=1S/C13H24N2/c14-13-6-3-12(4-7-13,5-8-13)11-15-9-1-2-10-15/h1-11,14H2. The topological polar surface area (TPSA) is 29.3 Å². The van der Waals surface area contributed by atoms with Crippen molar-refractivity contribution in [2.24, 2.45) is 11.1 Å². The number of likely N-dealkylation sites (tertiary alicyclic amines) is 1. The van der Waals surface area contributed by atoms with Gasteiger partial charge in [-0.05, 0) is 69.9 Å². The molecule has 4 rings (SSSR count). The molecule has 0 amide bonds. The molecular weight excluding hydrogens is 184 g/mol. The Bertz CT molecular complexity index is 218. The summed E-state index contributed by atoms with van der Waals surface area (Å²) in [4.78, 5) is 2.70. The van der Waals surface area contributed by atoms with Crippen LogP contribution >= 0.6 is 0 Å². The largest absolute Gasteiger partial charge is 0.325 e. The van der Waals surface area contributed by atoms with Crippen LogP contribution in [0.3, 0.4) is 0 Å². The molecule has 2 heteroatoms. The number of hydrogen-bond acceptors (Lipinski definition) is 2. The van der Waals surface area contributed by atoms with Gasteiger partial charge in [-0.1, -0.05) is 0 Å². The molecule has 3 aliphatic carbocycles. The zero-order chi connectivity index (χ0) is 10.4. The van der Waals surface area contributed by atoms with Crippen molar-refractivity contribution in [1.82, 2.24) is 4.90 Å². The van der Waals surface area contributed by atoms with Crippen LogP contribution in [0.25, 0.3) is 0 Å². The van der Waals surface area contributed by atoms with Crippen molar-refractivity contribution >= 4 is 0 Å². The lowest BCUT2D eigenvalue weighted by Gasteiger charge is -2.53. The summed E-state index contributed by atoms with van der Waals surface area (Å²) in [6, 6.07) is 0. The number of fused-ring (bicyclic) bond motifs is 3. The number of nitrogens with zero attached hydrogens (tertiary/aromatic N) is 1. The van der Waals surface area contributed by atoms with Crippen LogP contribution in [-0.4, -0.2) is 30.1 Å². The van der Waals surface area contributed by atoms with E-state index in [1.54, 1.807) is 0 Å². The van der Waals surface area contributed by atoms with E-state index in [1.165, 1.54) is 71.0 Å². The van der Waals surface area contributed by atoms with Crippen molar-refractivity contribution in [3.63, 3.8) is 0 Å². The fourth-order valence-electron chi connectivity index (χ4n) is 3.94. The molecule has 86 valence electrons. The van der Waals surface area contributed by atoms with Gasteiger partial charge >= 0.3 is 0 Å². The van der Waals surface area contributed by atoms with E-state index in [1.807, 2.05) is 0 Å². The predicted octanol–water partition coefficient (Wildman–Crippen LogP) is 2.13. The summed E-state index contributed by atoms with van der Waals surface area (Å²) in [6.07, 6.45) is 10.9. The van der Waals surface area contributed by atoms with Gasteiger partial charge in [-0.3, -0.25) is 0 Å². The molecule has 1 saturated heterocycles. The highest BCUT2D eigenvalue weighted by Gasteiger charge is 2.47. The molecule has 4 fully saturated rings. The van der Waals surface area contributed by atoms with Crippen molar-refractivity contribution in [2.45, 2.75) is 56.9 Å². The molecule has 4 aliphatic rings. The van der Waals surface area contributed by atoms with Gasteiger partial charge in [0.1, 0.15) is 0 Å². The summed E-state index contributed by atoms with van der Waals surface area (Å²) >= 11 is 0. The Morgan fingerprint density at radius 1 is 0.867 bits per heavy atom. The van der Waals surface area contributed by atoms with Crippen molar-refractivity contribution in [3.8, 4) is 0 Å². The Morgan fingerprint density at radius 2 is 1.40 bits per heavy atom.